The number of ether oxygens (including phenoxy) is 2. The van der Waals surface area contributed by atoms with Gasteiger partial charge in [0.2, 0.25) is 0 Å². The summed E-state index contributed by atoms with van der Waals surface area (Å²) in [7, 11) is 0. The SMILES string of the molecule is CCCOc1cc(N)cc(NCCCC(=O)OCC)c1. The molecule has 112 valence electrons. The number of nitrogen functional groups attached to an aromatic ring is 1. The summed E-state index contributed by atoms with van der Waals surface area (Å²) in [5.74, 6) is 0.605. The second kappa shape index (κ2) is 9.07. The minimum absolute atomic E-state index is 0.158. The molecule has 0 aliphatic rings. The van der Waals surface area contributed by atoms with Crippen LogP contribution in [0.4, 0.5) is 11.4 Å². The molecule has 5 heteroatoms. The van der Waals surface area contributed by atoms with Crippen molar-refractivity contribution in [1.29, 1.82) is 0 Å². The van der Waals surface area contributed by atoms with Crippen molar-refractivity contribution in [2.75, 3.05) is 30.8 Å². The first-order valence-electron chi connectivity index (χ1n) is 7.08. The molecular weight excluding hydrogens is 256 g/mol. The average molecular weight is 280 g/mol. The van der Waals surface area contributed by atoms with Gasteiger partial charge in [-0.1, -0.05) is 6.92 Å². The lowest BCUT2D eigenvalue weighted by Gasteiger charge is -2.11. The zero-order chi connectivity index (χ0) is 14.8. The first-order chi connectivity index (χ1) is 9.65. The highest BCUT2D eigenvalue weighted by atomic mass is 16.5. The van der Waals surface area contributed by atoms with Crippen molar-refractivity contribution in [3.05, 3.63) is 18.2 Å². The Morgan fingerprint density at radius 3 is 2.80 bits per heavy atom. The van der Waals surface area contributed by atoms with E-state index < -0.39 is 0 Å². The van der Waals surface area contributed by atoms with E-state index in [9.17, 15) is 4.79 Å². The van der Waals surface area contributed by atoms with Gasteiger partial charge in [0.1, 0.15) is 5.75 Å². The summed E-state index contributed by atoms with van der Waals surface area (Å²) >= 11 is 0. The number of hydrogen-bond donors (Lipinski definition) is 2. The van der Waals surface area contributed by atoms with Crippen LogP contribution in [0.3, 0.4) is 0 Å². The van der Waals surface area contributed by atoms with Crippen LogP contribution in [-0.4, -0.2) is 25.7 Å². The van der Waals surface area contributed by atoms with E-state index in [2.05, 4.69) is 12.2 Å². The summed E-state index contributed by atoms with van der Waals surface area (Å²) in [4.78, 5) is 11.2. The van der Waals surface area contributed by atoms with Crippen LogP contribution in [0.2, 0.25) is 0 Å². The second-order valence-electron chi connectivity index (χ2n) is 4.47. The number of esters is 1. The lowest BCUT2D eigenvalue weighted by molar-refractivity contribution is -0.143. The van der Waals surface area contributed by atoms with Crippen molar-refractivity contribution >= 4 is 17.3 Å². The Morgan fingerprint density at radius 2 is 2.10 bits per heavy atom. The molecule has 3 N–H and O–H groups in total. The van der Waals surface area contributed by atoms with Gasteiger partial charge >= 0.3 is 5.97 Å². The Labute approximate surface area is 120 Å². The number of rotatable bonds is 9. The van der Waals surface area contributed by atoms with Crippen LogP contribution in [0.25, 0.3) is 0 Å². The Hall–Kier alpha value is -1.91. The van der Waals surface area contributed by atoms with Gasteiger partial charge in [-0.3, -0.25) is 4.79 Å². The van der Waals surface area contributed by atoms with E-state index in [1.54, 1.807) is 13.0 Å². The molecule has 0 saturated heterocycles. The predicted molar refractivity (Wildman–Crippen MR) is 81.0 cm³/mol. The van der Waals surface area contributed by atoms with Crippen LogP contribution in [0.15, 0.2) is 18.2 Å². The third kappa shape index (κ3) is 6.31. The molecule has 0 aromatic heterocycles. The molecule has 0 atom stereocenters. The van der Waals surface area contributed by atoms with Crippen molar-refractivity contribution in [1.82, 2.24) is 0 Å². The van der Waals surface area contributed by atoms with E-state index in [-0.39, 0.29) is 5.97 Å². The van der Waals surface area contributed by atoms with Crippen molar-refractivity contribution in [3.63, 3.8) is 0 Å². The van der Waals surface area contributed by atoms with Gasteiger partial charge in [0, 0.05) is 36.5 Å². The van der Waals surface area contributed by atoms with Gasteiger partial charge in [0.15, 0.2) is 0 Å². The largest absolute Gasteiger partial charge is 0.493 e. The molecule has 5 nitrogen and oxygen atoms in total. The van der Waals surface area contributed by atoms with E-state index in [1.165, 1.54) is 0 Å². The molecule has 1 aromatic rings. The van der Waals surface area contributed by atoms with Crippen LogP contribution < -0.4 is 15.8 Å². The Morgan fingerprint density at radius 1 is 1.30 bits per heavy atom. The second-order valence-corrected chi connectivity index (χ2v) is 4.47. The normalized spacial score (nSPS) is 10.1. The summed E-state index contributed by atoms with van der Waals surface area (Å²) in [5, 5.41) is 3.23. The zero-order valence-corrected chi connectivity index (χ0v) is 12.3. The van der Waals surface area contributed by atoms with Crippen LogP contribution in [0, 0.1) is 0 Å². The average Bonchev–Trinajstić information content (AvgIpc) is 2.41. The van der Waals surface area contributed by atoms with Crippen LogP contribution >= 0.6 is 0 Å². The number of carbonyl (C=O) groups is 1. The van der Waals surface area contributed by atoms with Gasteiger partial charge in [0.25, 0.3) is 0 Å². The highest BCUT2D eigenvalue weighted by molar-refractivity contribution is 5.69. The van der Waals surface area contributed by atoms with Gasteiger partial charge in [0.05, 0.1) is 13.2 Å². The molecule has 20 heavy (non-hydrogen) atoms. The van der Waals surface area contributed by atoms with Crippen LogP contribution in [-0.2, 0) is 9.53 Å². The fraction of sp³-hybridized carbons (Fsp3) is 0.533. The third-order valence-electron chi connectivity index (χ3n) is 2.59. The third-order valence-corrected chi connectivity index (χ3v) is 2.59. The number of nitrogens with two attached hydrogens (primary N) is 1. The predicted octanol–water partition coefficient (Wildman–Crippen LogP) is 2.81. The molecule has 0 aliphatic carbocycles. The maximum absolute atomic E-state index is 11.2. The molecule has 0 amide bonds. The molecule has 0 unspecified atom stereocenters. The fourth-order valence-electron chi connectivity index (χ4n) is 1.73. The van der Waals surface area contributed by atoms with Crippen LogP contribution in [0.1, 0.15) is 33.1 Å². The van der Waals surface area contributed by atoms with Gasteiger partial charge in [-0.15, -0.1) is 0 Å². The Bertz CT molecular complexity index is 422. The number of carbonyl (C=O) groups excluding carboxylic acids is 1. The van der Waals surface area contributed by atoms with E-state index >= 15 is 0 Å². The highest BCUT2D eigenvalue weighted by Gasteiger charge is 2.02. The number of anilines is 2. The Balaban J connectivity index is 2.39. The minimum atomic E-state index is -0.158. The molecule has 1 aromatic carbocycles. The van der Waals surface area contributed by atoms with E-state index in [4.69, 9.17) is 15.2 Å². The first kappa shape index (κ1) is 16.1. The lowest BCUT2D eigenvalue weighted by atomic mass is 10.2. The molecule has 0 spiro atoms. The maximum Gasteiger partial charge on any atom is 0.305 e. The van der Waals surface area contributed by atoms with E-state index in [0.29, 0.717) is 31.9 Å². The smallest absolute Gasteiger partial charge is 0.305 e. The molecule has 0 fully saturated rings. The monoisotopic (exact) mass is 280 g/mol. The van der Waals surface area contributed by atoms with Gasteiger partial charge in [-0.25, -0.2) is 0 Å². The summed E-state index contributed by atoms with van der Waals surface area (Å²) in [5.41, 5.74) is 7.39. The summed E-state index contributed by atoms with van der Waals surface area (Å²) in [6.45, 7) is 5.66. The fourth-order valence-corrected chi connectivity index (χ4v) is 1.73. The number of hydrogen-bond acceptors (Lipinski definition) is 5. The first-order valence-corrected chi connectivity index (χ1v) is 7.08. The maximum atomic E-state index is 11.2. The topological polar surface area (TPSA) is 73.6 Å². The number of nitrogens with one attached hydrogen (secondary N) is 1. The van der Waals surface area contributed by atoms with Crippen molar-refractivity contribution in [2.45, 2.75) is 33.1 Å². The van der Waals surface area contributed by atoms with Gasteiger partial charge < -0.3 is 20.5 Å². The Kier molecular flexibility index (Phi) is 7.32. The molecular formula is C15H24N2O3. The molecule has 1 rings (SSSR count). The highest BCUT2D eigenvalue weighted by Crippen LogP contribution is 2.22. The molecule has 0 aliphatic heterocycles. The zero-order valence-electron chi connectivity index (χ0n) is 12.3. The van der Waals surface area contributed by atoms with Crippen molar-refractivity contribution < 1.29 is 14.3 Å². The van der Waals surface area contributed by atoms with Gasteiger partial charge in [-0.05, 0) is 25.8 Å². The summed E-state index contributed by atoms with van der Waals surface area (Å²) in [6.07, 6.45) is 2.10. The molecule has 0 saturated carbocycles. The quantitative estimate of drug-likeness (QED) is 0.413. The lowest BCUT2D eigenvalue weighted by Crippen LogP contribution is -2.08. The standard InChI is InChI=1S/C15H24N2O3/c1-3-8-20-14-10-12(16)9-13(11-14)17-7-5-6-15(18)19-4-2/h9-11,17H,3-8,16H2,1-2H3. The van der Waals surface area contributed by atoms with Crippen molar-refractivity contribution in [3.8, 4) is 5.75 Å². The minimum Gasteiger partial charge on any atom is -0.493 e. The van der Waals surface area contributed by atoms with Crippen molar-refractivity contribution in [2.24, 2.45) is 0 Å². The van der Waals surface area contributed by atoms with E-state index in [0.717, 1.165) is 24.3 Å². The summed E-state index contributed by atoms with van der Waals surface area (Å²) < 4.78 is 10.4. The number of benzene rings is 1. The molecule has 0 radical (unpaired) electrons. The van der Waals surface area contributed by atoms with Crippen LogP contribution in [0.5, 0.6) is 5.75 Å². The van der Waals surface area contributed by atoms with E-state index in [1.807, 2.05) is 12.1 Å². The molecule has 0 heterocycles. The van der Waals surface area contributed by atoms with Gasteiger partial charge in [-0.2, -0.15) is 0 Å². The molecule has 0 bridgehead atoms. The summed E-state index contributed by atoms with van der Waals surface area (Å²) in [6, 6.07) is 5.57.